The lowest BCUT2D eigenvalue weighted by Crippen LogP contribution is -2.32. The SMILES string of the molecule is CCC(NCc1cccnc1)c1ccccc1OCC(=O)N1CCCC1. The summed E-state index contributed by atoms with van der Waals surface area (Å²) in [6, 6.07) is 12.1. The predicted octanol–water partition coefficient (Wildman–Crippen LogP) is 3.32. The molecule has 5 heteroatoms. The Balaban J connectivity index is 1.63. The summed E-state index contributed by atoms with van der Waals surface area (Å²) in [5.74, 6) is 0.860. The summed E-state index contributed by atoms with van der Waals surface area (Å²) in [6.07, 6.45) is 6.77. The van der Waals surface area contributed by atoms with E-state index in [1.807, 2.05) is 35.4 Å². The number of likely N-dealkylation sites (tertiary alicyclic amines) is 1. The molecule has 1 N–H and O–H groups in total. The average Bonchev–Trinajstić information content (AvgIpc) is 3.23. The zero-order valence-corrected chi connectivity index (χ0v) is 15.4. The number of carbonyl (C=O) groups is 1. The first kappa shape index (κ1) is 18.4. The van der Waals surface area contributed by atoms with Gasteiger partial charge in [-0.1, -0.05) is 31.2 Å². The van der Waals surface area contributed by atoms with Crippen LogP contribution in [0.2, 0.25) is 0 Å². The standard InChI is InChI=1S/C21H27N3O2/c1-2-19(23-15-17-8-7-11-22-14-17)18-9-3-4-10-20(18)26-16-21(25)24-12-5-6-13-24/h3-4,7-11,14,19,23H,2,5-6,12-13,15-16H2,1H3. The number of hydrogen-bond donors (Lipinski definition) is 1. The molecule has 1 aromatic heterocycles. The molecule has 1 amide bonds. The summed E-state index contributed by atoms with van der Waals surface area (Å²) in [6.45, 7) is 4.71. The van der Waals surface area contributed by atoms with Crippen molar-refractivity contribution in [2.75, 3.05) is 19.7 Å². The number of para-hydroxylation sites is 1. The molecule has 2 heterocycles. The van der Waals surface area contributed by atoms with Crippen molar-refractivity contribution in [3.63, 3.8) is 0 Å². The number of ether oxygens (including phenoxy) is 1. The highest BCUT2D eigenvalue weighted by molar-refractivity contribution is 5.78. The van der Waals surface area contributed by atoms with Crippen LogP contribution in [-0.4, -0.2) is 35.5 Å². The van der Waals surface area contributed by atoms with Gasteiger partial charge in [0.15, 0.2) is 6.61 Å². The van der Waals surface area contributed by atoms with E-state index in [1.165, 1.54) is 0 Å². The van der Waals surface area contributed by atoms with Crippen LogP contribution >= 0.6 is 0 Å². The molecule has 1 aromatic carbocycles. The molecular weight excluding hydrogens is 326 g/mol. The Labute approximate surface area is 155 Å². The lowest BCUT2D eigenvalue weighted by Gasteiger charge is -2.22. The van der Waals surface area contributed by atoms with Gasteiger partial charge in [0, 0.05) is 43.6 Å². The van der Waals surface area contributed by atoms with E-state index in [2.05, 4.69) is 29.4 Å². The Bertz CT molecular complexity index is 699. The topological polar surface area (TPSA) is 54.5 Å². The second kappa shape index (κ2) is 9.34. The van der Waals surface area contributed by atoms with Crippen LogP contribution in [0.4, 0.5) is 0 Å². The molecule has 1 atom stereocenters. The molecule has 26 heavy (non-hydrogen) atoms. The van der Waals surface area contributed by atoms with Crippen molar-refractivity contribution in [3.05, 3.63) is 59.9 Å². The second-order valence-electron chi connectivity index (χ2n) is 6.62. The molecular formula is C21H27N3O2. The molecule has 1 unspecified atom stereocenters. The van der Waals surface area contributed by atoms with Crippen molar-refractivity contribution < 1.29 is 9.53 Å². The summed E-state index contributed by atoms with van der Waals surface area (Å²) >= 11 is 0. The zero-order chi connectivity index (χ0) is 18.2. The summed E-state index contributed by atoms with van der Waals surface area (Å²) < 4.78 is 5.90. The maximum Gasteiger partial charge on any atom is 0.260 e. The number of rotatable bonds is 8. The maximum absolute atomic E-state index is 12.3. The molecule has 0 radical (unpaired) electrons. The van der Waals surface area contributed by atoms with Gasteiger partial charge >= 0.3 is 0 Å². The average molecular weight is 353 g/mol. The third kappa shape index (κ3) is 4.82. The van der Waals surface area contributed by atoms with Crippen LogP contribution in [0.15, 0.2) is 48.8 Å². The monoisotopic (exact) mass is 353 g/mol. The van der Waals surface area contributed by atoms with Crippen molar-refractivity contribution in [2.45, 2.75) is 38.8 Å². The molecule has 1 fully saturated rings. The number of benzene rings is 1. The van der Waals surface area contributed by atoms with Gasteiger partial charge in [-0.05, 0) is 37.0 Å². The largest absolute Gasteiger partial charge is 0.483 e. The molecule has 1 aliphatic heterocycles. The van der Waals surface area contributed by atoms with Crippen LogP contribution < -0.4 is 10.1 Å². The minimum atomic E-state index is 0.0775. The Kier molecular flexibility index (Phi) is 6.61. The Morgan fingerprint density at radius 3 is 2.77 bits per heavy atom. The molecule has 0 bridgehead atoms. The van der Waals surface area contributed by atoms with Crippen LogP contribution in [0.25, 0.3) is 0 Å². The Morgan fingerprint density at radius 2 is 2.04 bits per heavy atom. The van der Waals surface area contributed by atoms with Crippen LogP contribution in [0.3, 0.4) is 0 Å². The van der Waals surface area contributed by atoms with E-state index in [0.29, 0.717) is 0 Å². The first-order chi connectivity index (χ1) is 12.8. The number of amides is 1. The molecule has 1 aliphatic rings. The molecule has 0 saturated carbocycles. The van der Waals surface area contributed by atoms with Gasteiger partial charge in [0.05, 0.1) is 0 Å². The summed E-state index contributed by atoms with van der Waals surface area (Å²) in [7, 11) is 0. The summed E-state index contributed by atoms with van der Waals surface area (Å²) in [4.78, 5) is 18.3. The number of nitrogens with one attached hydrogen (secondary N) is 1. The number of nitrogens with zero attached hydrogens (tertiary/aromatic N) is 2. The van der Waals surface area contributed by atoms with Gasteiger partial charge in [0.1, 0.15) is 5.75 Å². The van der Waals surface area contributed by atoms with Crippen LogP contribution in [0.1, 0.15) is 43.4 Å². The highest BCUT2D eigenvalue weighted by Gasteiger charge is 2.20. The highest BCUT2D eigenvalue weighted by atomic mass is 16.5. The van der Waals surface area contributed by atoms with Crippen molar-refractivity contribution >= 4 is 5.91 Å². The maximum atomic E-state index is 12.3. The molecule has 0 spiro atoms. The Hall–Kier alpha value is -2.40. The quantitative estimate of drug-likeness (QED) is 0.791. The minimum Gasteiger partial charge on any atom is -0.483 e. The lowest BCUT2D eigenvalue weighted by molar-refractivity contribution is -0.132. The Morgan fingerprint density at radius 1 is 1.23 bits per heavy atom. The van der Waals surface area contributed by atoms with E-state index in [4.69, 9.17) is 4.74 Å². The fraction of sp³-hybridized carbons (Fsp3) is 0.429. The lowest BCUT2D eigenvalue weighted by atomic mass is 10.0. The van der Waals surface area contributed by atoms with E-state index in [1.54, 1.807) is 6.20 Å². The third-order valence-corrected chi connectivity index (χ3v) is 4.79. The van der Waals surface area contributed by atoms with Crippen LogP contribution in [0, 0.1) is 0 Å². The van der Waals surface area contributed by atoms with E-state index >= 15 is 0 Å². The molecule has 0 aliphatic carbocycles. The molecule has 5 nitrogen and oxygen atoms in total. The van der Waals surface area contributed by atoms with Gasteiger partial charge in [-0.3, -0.25) is 9.78 Å². The van der Waals surface area contributed by atoms with Crippen molar-refractivity contribution in [3.8, 4) is 5.75 Å². The predicted molar refractivity (Wildman–Crippen MR) is 102 cm³/mol. The van der Waals surface area contributed by atoms with Gasteiger partial charge in [0.2, 0.25) is 0 Å². The fourth-order valence-corrected chi connectivity index (χ4v) is 3.32. The van der Waals surface area contributed by atoms with Crippen molar-refractivity contribution in [2.24, 2.45) is 0 Å². The smallest absolute Gasteiger partial charge is 0.260 e. The fourth-order valence-electron chi connectivity index (χ4n) is 3.32. The van der Waals surface area contributed by atoms with E-state index in [9.17, 15) is 4.79 Å². The van der Waals surface area contributed by atoms with E-state index in [0.717, 1.165) is 55.8 Å². The van der Waals surface area contributed by atoms with Crippen molar-refractivity contribution in [1.82, 2.24) is 15.2 Å². The summed E-state index contributed by atoms with van der Waals surface area (Å²) in [5, 5.41) is 3.57. The first-order valence-electron chi connectivity index (χ1n) is 9.39. The molecule has 2 aromatic rings. The first-order valence-corrected chi connectivity index (χ1v) is 9.39. The third-order valence-electron chi connectivity index (χ3n) is 4.79. The second-order valence-corrected chi connectivity index (χ2v) is 6.62. The van der Waals surface area contributed by atoms with E-state index < -0.39 is 0 Å². The highest BCUT2D eigenvalue weighted by Crippen LogP contribution is 2.27. The molecule has 138 valence electrons. The number of aromatic nitrogens is 1. The van der Waals surface area contributed by atoms with Crippen LogP contribution in [0.5, 0.6) is 5.75 Å². The van der Waals surface area contributed by atoms with Crippen LogP contribution in [-0.2, 0) is 11.3 Å². The number of hydrogen-bond acceptors (Lipinski definition) is 4. The van der Waals surface area contributed by atoms with E-state index in [-0.39, 0.29) is 18.6 Å². The van der Waals surface area contributed by atoms with Gasteiger partial charge in [-0.25, -0.2) is 0 Å². The normalized spacial score (nSPS) is 15.0. The summed E-state index contributed by atoms with van der Waals surface area (Å²) in [5.41, 5.74) is 2.24. The molecule has 3 rings (SSSR count). The van der Waals surface area contributed by atoms with Gasteiger partial charge < -0.3 is 15.0 Å². The van der Waals surface area contributed by atoms with Crippen molar-refractivity contribution in [1.29, 1.82) is 0 Å². The van der Waals surface area contributed by atoms with Gasteiger partial charge in [-0.2, -0.15) is 0 Å². The van der Waals surface area contributed by atoms with Gasteiger partial charge in [-0.15, -0.1) is 0 Å². The molecule has 1 saturated heterocycles. The van der Waals surface area contributed by atoms with Gasteiger partial charge in [0.25, 0.3) is 5.91 Å². The zero-order valence-electron chi connectivity index (χ0n) is 15.4. The number of carbonyl (C=O) groups excluding carboxylic acids is 1. The minimum absolute atomic E-state index is 0.0775. The number of pyridine rings is 1.